The van der Waals surface area contributed by atoms with Crippen molar-refractivity contribution in [3.05, 3.63) is 34.3 Å². The molecule has 1 N–H and O–H groups in total. The van der Waals surface area contributed by atoms with Crippen LogP contribution in [0.2, 0.25) is 0 Å². The van der Waals surface area contributed by atoms with E-state index >= 15 is 0 Å². The van der Waals surface area contributed by atoms with Crippen molar-refractivity contribution in [3.8, 4) is 0 Å². The van der Waals surface area contributed by atoms with E-state index in [2.05, 4.69) is 15.9 Å². The van der Waals surface area contributed by atoms with Gasteiger partial charge in [-0.3, -0.25) is 0 Å². The van der Waals surface area contributed by atoms with Crippen LogP contribution in [0.1, 0.15) is 24.5 Å². The third kappa shape index (κ3) is 1.70. The molecule has 2 heteroatoms. The topological polar surface area (TPSA) is 20.2 Å². The first-order chi connectivity index (χ1) is 5.77. The third-order valence-electron chi connectivity index (χ3n) is 2.26. The van der Waals surface area contributed by atoms with Crippen LogP contribution in [0, 0.1) is 5.92 Å². The maximum absolute atomic E-state index is 9.76. The van der Waals surface area contributed by atoms with Crippen molar-refractivity contribution < 1.29 is 5.11 Å². The first-order valence-electron chi connectivity index (χ1n) is 4.21. The molecule has 0 aliphatic heterocycles. The van der Waals surface area contributed by atoms with Crippen LogP contribution in [0.4, 0.5) is 0 Å². The number of aliphatic hydroxyl groups excluding tert-OH is 1. The van der Waals surface area contributed by atoms with E-state index in [1.165, 1.54) is 12.8 Å². The number of rotatable bonds is 2. The Morgan fingerprint density at radius 3 is 2.75 bits per heavy atom. The predicted molar refractivity (Wildman–Crippen MR) is 51.8 cm³/mol. The first kappa shape index (κ1) is 8.27. The summed E-state index contributed by atoms with van der Waals surface area (Å²) >= 11 is 3.39. The minimum absolute atomic E-state index is 0.248. The van der Waals surface area contributed by atoms with Gasteiger partial charge >= 0.3 is 0 Å². The van der Waals surface area contributed by atoms with Crippen LogP contribution >= 0.6 is 15.9 Å². The van der Waals surface area contributed by atoms with Crippen molar-refractivity contribution in [2.75, 3.05) is 0 Å². The van der Waals surface area contributed by atoms with E-state index in [0.717, 1.165) is 10.0 Å². The van der Waals surface area contributed by atoms with Gasteiger partial charge in [-0.1, -0.05) is 28.1 Å². The molecule has 1 unspecified atom stereocenters. The highest BCUT2D eigenvalue weighted by Crippen LogP contribution is 2.41. The van der Waals surface area contributed by atoms with Crippen molar-refractivity contribution in [2.45, 2.75) is 18.9 Å². The van der Waals surface area contributed by atoms with Crippen molar-refractivity contribution in [3.63, 3.8) is 0 Å². The monoisotopic (exact) mass is 226 g/mol. The van der Waals surface area contributed by atoms with E-state index in [0.29, 0.717) is 5.92 Å². The molecule has 0 spiro atoms. The Labute approximate surface area is 80.5 Å². The van der Waals surface area contributed by atoms with Gasteiger partial charge < -0.3 is 5.11 Å². The van der Waals surface area contributed by atoms with Gasteiger partial charge in [-0.2, -0.15) is 0 Å². The molecule has 0 saturated heterocycles. The van der Waals surface area contributed by atoms with Crippen LogP contribution in [0.5, 0.6) is 0 Å². The molecule has 12 heavy (non-hydrogen) atoms. The summed E-state index contributed by atoms with van der Waals surface area (Å²) in [6.07, 6.45) is 2.10. The molecule has 0 radical (unpaired) electrons. The molecule has 1 fully saturated rings. The molecule has 2 rings (SSSR count). The van der Waals surface area contributed by atoms with Crippen molar-refractivity contribution >= 4 is 15.9 Å². The van der Waals surface area contributed by atoms with Crippen LogP contribution < -0.4 is 0 Å². The average Bonchev–Trinajstić information content (AvgIpc) is 2.85. The summed E-state index contributed by atoms with van der Waals surface area (Å²) in [5.74, 6) is 0.513. The standard InChI is InChI=1S/C10H11BrO/c11-9-3-1-2-8(6-9)10(12)7-4-5-7/h1-3,6-7,10,12H,4-5H2. The second-order valence-corrected chi connectivity index (χ2v) is 4.25. The van der Waals surface area contributed by atoms with E-state index in [1.807, 2.05) is 24.3 Å². The third-order valence-corrected chi connectivity index (χ3v) is 2.75. The van der Waals surface area contributed by atoms with Gasteiger partial charge in [0.15, 0.2) is 0 Å². The Morgan fingerprint density at radius 2 is 2.17 bits per heavy atom. The highest BCUT2D eigenvalue weighted by Gasteiger charge is 2.30. The molecule has 1 nitrogen and oxygen atoms in total. The molecule has 64 valence electrons. The number of aliphatic hydroxyl groups is 1. The fraction of sp³-hybridized carbons (Fsp3) is 0.400. The molecule has 0 heterocycles. The summed E-state index contributed by atoms with van der Waals surface area (Å²) in [6.45, 7) is 0. The highest BCUT2D eigenvalue weighted by atomic mass is 79.9. The van der Waals surface area contributed by atoms with E-state index in [4.69, 9.17) is 0 Å². The van der Waals surface area contributed by atoms with Crippen molar-refractivity contribution in [2.24, 2.45) is 5.92 Å². The maximum atomic E-state index is 9.76. The lowest BCUT2D eigenvalue weighted by Crippen LogP contribution is -1.98. The zero-order valence-electron chi connectivity index (χ0n) is 6.70. The highest BCUT2D eigenvalue weighted by molar-refractivity contribution is 9.10. The number of hydrogen-bond donors (Lipinski definition) is 1. The Hall–Kier alpha value is -0.340. The zero-order chi connectivity index (χ0) is 8.55. The average molecular weight is 227 g/mol. The predicted octanol–water partition coefficient (Wildman–Crippen LogP) is 2.89. The molecule has 1 aliphatic rings. The van der Waals surface area contributed by atoms with E-state index < -0.39 is 0 Å². The van der Waals surface area contributed by atoms with Gasteiger partial charge in [0.1, 0.15) is 0 Å². The van der Waals surface area contributed by atoms with Gasteiger partial charge in [-0.25, -0.2) is 0 Å². The molecule has 1 aliphatic carbocycles. The number of benzene rings is 1. The smallest absolute Gasteiger partial charge is 0.0818 e. The van der Waals surface area contributed by atoms with Gasteiger partial charge in [0.25, 0.3) is 0 Å². The van der Waals surface area contributed by atoms with Crippen LogP contribution in [-0.4, -0.2) is 5.11 Å². The summed E-state index contributed by atoms with van der Waals surface area (Å²) in [7, 11) is 0. The number of hydrogen-bond acceptors (Lipinski definition) is 1. The maximum Gasteiger partial charge on any atom is 0.0818 e. The fourth-order valence-corrected chi connectivity index (χ4v) is 1.79. The largest absolute Gasteiger partial charge is 0.388 e. The summed E-state index contributed by atoms with van der Waals surface area (Å²) in [6, 6.07) is 7.91. The summed E-state index contributed by atoms with van der Waals surface area (Å²) in [5, 5.41) is 9.76. The Bertz CT molecular complexity index is 281. The van der Waals surface area contributed by atoms with Crippen LogP contribution in [0.15, 0.2) is 28.7 Å². The minimum atomic E-state index is -0.248. The molecule has 1 atom stereocenters. The second kappa shape index (κ2) is 3.19. The quantitative estimate of drug-likeness (QED) is 0.823. The first-order valence-corrected chi connectivity index (χ1v) is 5.00. The molecule has 1 aromatic rings. The zero-order valence-corrected chi connectivity index (χ0v) is 8.29. The Balaban J connectivity index is 2.20. The molecule has 0 amide bonds. The van der Waals surface area contributed by atoms with Crippen molar-refractivity contribution in [1.82, 2.24) is 0 Å². The lowest BCUT2D eigenvalue weighted by atomic mass is 10.1. The Morgan fingerprint density at radius 1 is 1.42 bits per heavy atom. The molecule has 0 bridgehead atoms. The molecule has 1 aromatic carbocycles. The summed E-state index contributed by atoms with van der Waals surface area (Å²) < 4.78 is 1.04. The molecule has 0 aromatic heterocycles. The summed E-state index contributed by atoms with van der Waals surface area (Å²) in [5.41, 5.74) is 1.03. The molecular weight excluding hydrogens is 216 g/mol. The fourth-order valence-electron chi connectivity index (χ4n) is 1.37. The van der Waals surface area contributed by atoms with Gasteiger partial charge in [0, 0.05) is 4.47 Å². The lowest BCUT2D eigenvalue weighted by Gasteiger charge is -2.08. The van der Waals surface area contributed by atoms with Crippen LogP contribution in [0.25, 0.3) is 0 Å². The van der Waals surface area contributed by atoms with E-state index in [1.54, 1.807) is 0 Å². The molecular formula is C10H11BrO. The minimum Gasteiger partial charge on any atom is -0.388 e. The second-order valence-electron chi connectivity index (χ2n) is 3.34. The SMILES string of the molecule is OC(c1cccc(Br)c1)C1CC1. The lowest BCUT2D eigenvalue weighted by molar-refractivity contribution is 0.154. The van der Waals surface area contributed by atoms with Crippen LogP contribution in [0.3, 0.4) is 0 Å². The van der Waals surface area contributed by atoms with E-state index in [-0.39, 0.29) is 6.10 Å². The van der Waals surface area contributed by atoms with E-state index in [9.17, 15) is 5.11 Å². The van der Waals surface area contributed by atoms with Gasteiger partial charge in [-0.15, -0.1) is 0 Å². The van der Waals surface area contributed by atoms with Crippen molar-refractivity contribution in [1.29, 1.82) is 0 Å². The van der Waals surface area contributed by atoms with Gasteiger partial charge in [0.2, 0.25) is 0 Å². The summed E-state index contributed by atoms with van der Waals surface area (Å²) in [4.78, 5) is 0. The van der Waals surface area contributed by atoms with Crippen LogP contribution in [-0.2, 0) is 0 Å². The van der Waals surface area contributed by atoms with Gasteiger partial charge in [-0.05, 0) is 36.5 Å². The molecule has 1 saturated carbocycles. The van der Waals surface area contributed by atoms with Gasteiger partial charge in [0.05, 0.1) is 6.10 Å². The normalized spacial score (nSPS) is 19.2. The Kier molecular flexibility index (Phi) is 2.20. The number of halogens is 1.